The number of aromatic nitrogens is 1. The fraction of sp³-hybridized carbons (Fsp3) is 0.467. The molecule has 2 unspecified atom stereocenters. The summed E-state index contributed by atoms with van der Waals surface area (Å²) in [6.07, 6.45) is 1.62. The van der Waals surface area contributed by atoms with Crippen molar-refractivity contribution in [3.8, 4) is 11.8 Å². The Kier molecular flexibility index (Phi) is 4.72. The SMILES string of the molecule is CC1CN(C(=O)c2ccc(C#CCO)cn2)CC(C)O1. The largest absolute Gasteiger partial charge is 0.384 e. The van der Waals surface area contributed by atoms with Crippen molar-refractivity contribution in [3.05, 3.63) is 29.6 Å². The highest BCUT2D eigenvalue weighted by molar-refractivity contribution is 5.92. The van der Waals surface area contributed by atoms with Gasteiger partial charge in [-0.05, 0) is 26.0 Å². The first-order valence-corrected chi connectivity index (χ1v) is 6.60. The van der Waals surface area contributed by atoms with Gasteiger partial charge in [0.25, 0.3) is 5.91 Å². The molecule has 1 N–H and O–H groups in total. The van der Waals surface area contributed by atoms with Crippen LogP contribution in [-0.4, -0.2) is 52.8 Å². The number of pyridine rings is 1. The van der Waals surface area contributed by atoms with Crippen LogP contribution >= 0.6 is 0 Å². The fourth-order valence-corrected chi connectivity index (χ4v) is 2.24. The zero-order valence-electron chi connectivity index (χ0n) is 11.7. The van der Waals surface area contributed by atoms with Gasteiger partial charge in [-0.2, -0.15) is 0 Å². The Hall–Kier alpha value is -1.90. The summed E-state index contributed by atoms with van der Waals surface area (Å²) in [5, 5.41) is 8.62. The Bertz CT molecular complexity index is 520. The molecule has 1 aromatic heterocycles. The van der Waals surface area contributed by atoms with Crippen molar-refractivity contribution in [2.24, 2.45) is 0 Å². The van der Waals surface area contributed by atoms with E-state index in [-0.39, 0.29) is 24.7 Å². The molecular formula is C15H18N2O3. The van der Waals surface area contributed by atoms with E-state index in [4.69, 9.17) is 9.84 Å². The number of ether oxygens (including phenoxy) is 1. The molecule has 0 radical (unpaired) electrons. The Morgan fingerprint density at radius 2 is 2.15 bits per heavy atom. The summed E-state index contributed by atoms with van der Waals surface area (Å²) in [5.41, 5.74) is 1.08. The molecule has 0 bridgehead atoms. The highest BCUT2D eigenvalue weighted by Gasteiger charge is 2.27. The molecule has 0 aromatic carbocycles. The Morgan fingerprint density at radius 3 is 2.70 bits per heavy atom. The molecule has 2 heterocycles. The van der Waals surface area contributed by atoms with E-state index in [1.807, 2.05) is 13.8 Å². The predicted molar refractivity (Wildman–Crippen MR) is 74.1 cm³/mol. The molecule has 0 spiro atoms. The second-order valence-corrected chi connectivity index (χ2v) is 4.86. The number of aliphatic hydroxyl groups is 1. The van der Waals surface area contributed by atoms with Gasteiger partial charge in [0.05, 0.1) is 12.2 Å². The normalized spacial score (nSPS) is 22.1. The van der Waals surface area contributed by atoms with E-state index in [9.17, 15) is 4.79 Å². The minimum absolute atomic E-state index is 0.0393. The number of carbonyl (C=O) groups excluding carboxylic acids is 1. The van der Waals surface area contributed by atoms with E-state index < -0.39 is 0 Å². The van der Waals surface area contributed by atoms with Crippen LogP contribution in [0.4, 0.5) is 0 Å². The summed E-state index contributed by atoms with van der Waals surface area (Å²) in [5.74, 6) is 5.20. The van der Waals surface area contributed by atoms with E-state index in [0.717, 1.165) is 0 Å². The van der Waals surface area contributed by atoms with Crippen molar-refractivity contribution >= 4 is 5.91 Å². The standard InChI is InChI=1S/C15H18N2O3/c1-11-9-17(10-12(2)20-11)15(19)14-6-5-13(8-16-14)4-3-7-18/h5-6,8,11-12,18H,7,9-10H2,1-2H3. The van der Waals surface area contributed by atoms with Gasteiger partial charge in [0.2, 0.25) is 0 Å². The number of amides is 1. The zero-order chi connectivity index (χ0) is 14.5. The minimum atomic E-state index is -0.190. The van der Waals surface area contributed by atoms with Crippen molar-refractivity contribution < 1.29 is 14.6 Å². The Balaban J connectivity index is 2.09. The maximum atomic E-state index is 12.3. The Labute approximate surface area is 118 Å². The van der Waals surface area contributed by atoms with Crippen LogP contribution in [0.2, 0.25) is 0 Å². The lowest BCUT2D eigenvalue weighted by atomic mass is 10.2. The van der Waals surface area contributed by atoms with Crippen molar-refractivity contribution in [3.63, 3.8) is 0 Å². The molecular weight excluding hydrogens is 256 g/mol. The van der Waals surface area contributed by atoms with Crippen LogP contribution in [0.1, 0.15) is 29.9 Å². The van der Waals surface area contributed by atoms with Crippen LogP contribution in [0.15, 0.2) is 18.3 Å². The maximum Gasteiger partial charge on any atom is 0.272 e. The molecule has 1 saturated heterocycles. The third-order valence-electron chi connectivity index (χ3n) is 3.00. The van der Waals surface area contributed by atoms with Gasteiger partial charge in [0, 0.05) is 24.8 Å². The molecule has 1 aliphatic heterocycles. The molecule has 2 rings (SSSR count). The summed E-state index contributed by atoms with van der Waals surface area (Å²) in [6, 6.07) is 3.39. The lowest BCUT2D eigenvalue weighted by molar-refractivity contribution is -0.0587. The highest BCUT2D eigenvalue weighted by atomic mass is 16.5. The number of aliphatic hydroxyl groups excluding tert-OH is 1. The van der Waals surface area contributed by atoms with Gasteiger partial charge in [0.1, 0.15) is 12.3 Å². The molecule has 106 valence electrons. The molecule has 0 aliphatic carbocycles. The average molecular weight is 274 g/mol. The minimum Gasteiger partial charge on any atom is -0.384 e. The lowest BCUT2D eigenvalue weighted by Crippen LogP contribution is -2.48. The van der Waals surface area contributed by atoms with Crippen LogP contribution in [0, 0.1) is 11.8 Å². The van der Waals surface area contributed by atoms with E-state index in [2.05, 4.69) is 16.8 Å². The van der Waals surface area contributed by atoms with Crippen LogP contribution in [0.5, 0.6) is 0 Å². The third kappa shape index (κ3) is 3.56. The number of hydrogen-bond donors (Lipinski definition) is 1. The van der Waals surface area contributed by atoms with Crippen LogP contribution in [-0.2, 0) is 4.74 Å². The van der Waals surface area contributed by atoms with E-state index in [0.29, 0.717) is 24.3 Å². The van der Waals surface area contributed by atoms with Crippen molar-refractivity contribution in [1.82, 2.24) is 9.88 Å². The second-order valence-electron chi connectivity index (χ2n) is 4.86. The van der Waals surface area contributed by atoms with Crippen molar-refractivity contribution in [2.75, 3.05) is 19.7 Å². The fourth-order valence-electron chi connectivity index (χ4n) is 2.24. The predicted octanol–water partition coefficient (Wildman–Crippen LogP) is 0.675. The average Bonchev–Trinajstić information content (AvgIpc) is 2.44. The molecule has 1 aliphatic rings. The van der Waals surface area contributed by atoms with Gasteiger partial charge in [-0.15, -0.1) is 0 Å². The number of hydrogen-bond acceptors (Lipinski definition) is 4. The highest BCUT2D eigenvalue weighted by Crippen LogP contribution is 2.13. The molecule has 1 amide bonds. The Morgan fingerprint density at radius 1 is 1.45 bits per heavy atom. The van der Waals surface area contributed by atoms with Gasteiger partial charge in [-0.1, -0.05) is 11.8 Å². The summed E-state index contributed by atoms with van der Waals surface area (Å²) in [6.45, 7) is 4.88. The molecule has 1 fully saturated rings. The topological polar surface area (TPSA) is 62.7 Å². The van der Waals surface area contributed by atoms with E-state index >= 15 is 0 Å². The number of rotatable bonds is 1. The molecule has 1 aromatic rings. The lowest BCUT2D eigenvalue weighted by Gasteiger charge is -2.35. The molecule has 5 heteroatoms. The van der Waals surface area contributed by atoms with Gasteiger partial charge in [-0.25, -0.2) is 4.98 Å². The van der Waals surface area contributed by atoms with Crippen LogP contribution in [0.3, 0.4) is 0 Å². The summed E-state index contributed by atoms with van der Waals surface area (Å²) in [4.78, 5) is 18.3. The third-order valence-corrected chi connectivity index (χ3v) is 3.00. The van der Waals surface area contributed by atoms with Gasteiger partial charge in [-0.3, -0.25) is 4.79 Å². The van der Waals surface area contributed by atoms with Crippen molar-refractivity contribution in [1.29, 1.82) is 0 Å². The quantitative estimate of drug-likeness (QED) is 0.765. The first kappa shape index (κ1) is 14.5. The first-order valence-electron chi connectivity index (χ1n) is 6.60. The molecule has 0 saturated carbocycles. The van der Waals surface area contributed by atoms with Gasteiger partial charge in [0.15, 0.2) is 0 Å². The van der Waals surface area contributed by atoms with Crippen LogP contribution in [0.25, 0.3) is 0 Å². The van der Waals surface area contributed by atoms with Gasteiger partial charge < -0.3 is 14.7 Å². The zero-order valence-corrected chi connectivity index (χ0v) is 11.7. The first-order chi connectivity index (χ1) is 9.60. The number of nitrogens with zero attached hydrogens (tertiary/aromatic N) is 2. The number of morpholine rings is 1. The smallest absolute Gasteiger partial charge is 0.272 e. The number of carbonyl (C=O) groups is 1. The maximum absolute atomic E-state index is 12.3. The molecule has 20 heavy (non-hydrogen) atoms. The van der Waals surface area contributed by atoms with Crippen LogP contribution < -0.4 is 0 Å². The molecule has 2 atom stereocenters. The van der Waals surface area contributed by atoms with E-state index in [1.165, 1.54) is 0 Å². The van der Waals surface area contributed by atoms with E-state index in [1.54, 1.807) is 23.2 Å². The second kappa shape index (κ2) is 6.51. The molecule has 5 nitrogen and oxygen atoms in total. The summed E-state index contributed by atoms with van der Waals surface area (Å²) in [7, 11) is 0. The summed E-state index contributed by atoms with van der Waals surface area (Å²) < 4.78 is 5.61. The van der Waals surface area contributed by atoms with Gasteiger partial charge >= 0.3 is 0 Å². The van der Waals surface area contributed by atoms with Crippen molar-refractivity contribution in [2.45, 2.75) is 26.1 Å². The monoisotopic (exact) mass is 274 g/mol. The summed E-state index contributed by atoms with van der Waals surface area (Å²) >= 11 is 0.